The van der Waals surface area contributed by atoms with E-state index in [0.29, 0.717) is 11.6 Å². The van der Waals surface area contributed by atoms with Gasteiger partial charge in [-0.2, -0.15) is 0 Å². The minimum absolute atomic E-state index is 0.224. The van der Waals surface area contributed by atoms with Gasteiger partial charge in [-0.25, -0.2) is 9.37 Å². The molecule has 0 aliphatic carbocycles. The Morgan fingerprint density at radius 1 is 1.10 bits per heavy atom. The lowest BCUT2D eigenvalue weighted by Gasteiger charge is -2.10. The Labute approximate surface area is 120 Å². The van der Waals surface area contributed by atoms with E-state index in [2.05, 4.69) is 4.98 Å². The fraction of sp³-hybridized carbons (Fsp3) is 0.0625. The van der Waals surface area contributed by atoms with E-state index in [0.717, 1.165) is 16.5 Å². The van der Waals surface area contributed by atoms with Crippen molar-refractivity contribution in [1.82, 2.24) is 4.98 Å². The average Bonchev–Trinajstić information content (AvgIpc) is 2.49. The highest BCUT2D eigenvalue weighted by Gasteiger charge is 2.09. The summed E-state index contributed by atoms with van der Waals surface area (Å²) in [6.45, 7) is 0. The number of aromatic nitrogens is 1. The van der Waals surface area contributed by atoms with Crippen molar-refractivity contribution in [3.05, 3.63) is 54.5 Å². The number of methoxy groups -OCH3 is 1. The van der Waals surface area contributed by atoms with Crippen LogP contribution in [0.3, 0.4) is 0 Å². The number of pyridine rings is 1. The molecule has 4 nitrogen and oxygen atoms in total. The maximum absolute atomic E-state index is 13.1. The molecule has 1 aromatic heterocycles. The predicted octanol–water partition coefficient (Wildman–Crippen LogP) is 3.76. The number of benzene rings is 2. The Kier molecular flexibility index (Phi) is 3.31. The molecule has 106 valence electrons. The zero-order valence-electron chi connectivity index (χ0n) is 11.3. The zero-order valence-corrected chi connectivity index (χ0v) is 11.3. The van der Waals surface area contributed by atoms with Crippen molar-refractivity contribution in [3.63, 3.8) is 0 Å². The third kappa shape index (κ3) is 2.58. The van der Waals surface area contributed by atoms with E-state index in [1.807, 2.05) is 24.3 Å². The standard InChI is InChI=1S/C16H13FN2O2/c1-20-12-3-4-13-10(8-12)6-7-19-16(13)21-15-5-2-11(17)9-14(15)18/h2-9H,18H2,1H3. The highest BCUT2D eigenvalue weighted by Crippen LogP contribution is 2.32. The number of anilines is 1. The van der Waals surface area contributed by atoms with Crippen molar-refractivity contribution < 1.29 is 13.9 Å². The number of rotatable bonds is 3. The second kappa shape index (κ2) is 5.28. The first-order chi connectivity index (χ1) is 10.2. The van der Waals surface area contributed by atoms with Crippen LogP contribution in [0, 0.1) is 5.82 Å². The van der Waals surface area contributed by atoms with Crippen LogP contribution in [0.1, 0.15) is 0 Å². The molecule has 2 aromatic carbocycles. The predicted molar refractivity (Wildman–Crippen MR) is 79.2 cm³/mol. The second-order valence-corrected chi connectivity index (χ2v) is 4.49. The molecule has 2 N–H and O–H groups in total. The summed E-state index contributed by atoms with van der Waals surface area (Å²) in [5.41, 5.74) is 5.97. The van der Waals surface area contributed by atoms with E-state index >= 15 is 0 Å². The normalized spacial score (nSPS) is 10.6. The molecule has 0 radical (unpaired) electrons. The van der Waals surface area contributed by atoms with Gasteiger partial charge in [0.15, 0.2) is 5.75 Å². The summed E-state index contributed by atoms with van der Waals surface area (Å²) in [7, 11) is 1.61. The minimum Gasteiger partial charge on any atom is -0.497 e. The lowest BCUT2D eigenvalue weighted by molar-refractivity contribution is 0.415. The van der Waals surface area contributed by atoms with Crippen LogP contribution in [0.15, 0.2) is 48.7 Å². The first kappa shape index (κ1) is 13.2. The first-order valence-corrected chi connectivity index (χ1v) is 6.33. The number of ether oxygens (including phenoxy) is 2. The maximum atomic E-state index is 13.1. The number of hydrogen-bond acceptors (Lipinski definition) is 4. The topological polar surface area (TPSA) is 57.4 Å². The van der Waals surface area contributed by atoms with Crippen molar-refractivity contribution in [3.8, 4) is 17.4 Å². The fourth-order valence-electron chi connectivity index (χ4n) is 2.05. The molecule has 21 heavy (non-hydrogen) atoms. The number of nitrogens with zero attached hydrogens (tertiary/aromatic N) is 1. The summed E-state index contributed by atoms with van der Waals surface area (Å²) in [5, 5.41) is 1.75. The van der Waals surface area contributed by atoms with Crippen molar-refractivity contribution in [2.45, 2.75) is 0 Å². The molecule has 0 spiro atoms. The molecule has 0 saturated heterocycles. The molecular formula is C16H13FN2O2. The van der Waals surface area contributed by atoms with Gasteiger partial charge in [0.1, 0.15) is 11.6 Å². The van der Waals surface area contributed by atoms with Crippen LogP contribution in [-0.2, 0) is 0 Å². The van der Waals surface area contributed by atoms with Gasteiger partial charge in [-0.3, -0.25) is 0 Å². The molecule has 0 bridgehead atoms. The Balaban J connectivity index is 2.04. The van der Waals surface area contributed by atoms with Gasteiger partial charge in [0.05, 0.1) is 12.8 Å². The van der Waals surface area contributed by atoms with Crippen LogP contribution < -0.4 is 15.2 Å². The lowest BCUT2D eigenvalue weighted by atomic mass is 10.1. The number of nitrogens with two attached hydrogens (primary N) is 1. The van der Waals surface area contributed by atoms with E-state index in [9.17, 15) is 4.39 Å². The Bertz CT molecular complexity index is 805. The van der Waals surface area contributed by atoms with E-state index in [4.69, 9.17) is 15.2 Å². The maximum Gasteiger partial charge on any atom is 0.227 e. The largest absolute Gasteiger partial charge is 0.497 e. The fourth-order valence-corrected chi connectivity index (χ4v) is 2.05. The average molecular weight is 284 g/mol. The summed E-state index contributed by atoms with van der Waals surface area (Å²) in [5.74, 6) is 1.12. The van der Waals surface area contributed by atoms with E-state index < -0.39 is 5.82 Å². The van der Waals surface area contributed by atoms with Gasteiger partial charge in [0.2, 0.25) is 5.88 Å². The van der Waals surface area contributed by atoms with Gasteiger partial charge in [-0.15, -0.1) is 0 Å². The molecule has 0 amide bonds. The van der Waals surface area contributed by atoms with Crippen molar-refractivity contribution in [2.75, 3.05) is 12.8 Å². The minimum atomic E-state index is -0.407. The highest BCUT2D eigenvalue weighted by atomic mass is 19.1. The molecule has 5 heteroatoms. The molecule has 3 aromatic rings. The molecule has 0 fully saturated rings. The van der Waals surface area contributed by atoms with Gasteiger partial charge in [-0.1, -0.05) is 0 Å². The Morgan fingerprint density at radius 3 is 2.71 bits per heavy atom. The van der Waals surface area contributed by atoms with Gasteiger partial charge < -0.3 is 15.2 Å². The summed E-state index contributed by atoms with van der Waals surface area (Å²) in [6, 6.07) is 11.4. The van der Waals surface area contributed by atoms with Crippen LogP contribution in [0.25, 0.3) is 10.8 Å². The van der Waals surface area contributed by atoms with E-state index in [-0.39, 0.29) is 5.69 Å². The summed E-state index contributed by atoms with van der Waals surface area (Å²) in [6.07, 6.45) is 1.64. The molecule has 0 aliphatic heterocycles. The van der Waals surface area contributed by atoms with Gasteiger partial charge >= 0.3 is 0 Å². The summed E-state index contributed by atoms with van der Waals surface area (Å²) in [4.78, 5) is 4.21. The van der Waals surface area contributed by atoms with Crippen LogP contribution in [0.2, 0.25) is 0 Å². The first-order valence-electron chi connectivity index (χ1n) is 6.33. The number of nitrogen functional groups attached to an aromatic ring is 1. The van der Waals surface area contributed by atoms with Crippen LogP contribution in [-0.4, -0.2) is 12.1 Å². The molecular weight excluding hydrogens is 271 g/mol. The van der Waals surface area contributed by atoms with Crippen LogP contribution >= 0.6 is 0 Å². The van der Waals surface area contributed by atoms with E-state index in [1.54, 1.807) is 13.3 Å². The number of hydrogen-bond donors (Lipinski definition) is 1. The molecule has 1 heterocycles. The molecule has 0 unspecified atom stereocenters. The second-order valence-electron chi connectivity index (χ2n) is 4.49. The Morgan fingerprint density at radius 2 is 1.95 bits per heavy atom. The number of halogens is 1. The molecule has 3 rings (SSSR count). The molecule has 0 atom stereocenters. The lowest BCUT2D eigenvalue weighted by Crippen LogP contribution is -1.95. The SMILES string of the molecule is COc1ccc2c(Oc3ccc(F)cc3N)nccc2c1. The number of fused-ring (bicyclic) bond motifs is 1. The molecule has 0 aliphatic rings. The van der Waals surface area contributed by atoms with Crippen molar-refractivity contribution in [2.24, 2.45) is 0 Å². The van der Waals surface area contributed by atoms with Crippen LogP contribution in [0.5, 0.6) is 17.4 Å². The third-order valence-corrected chi connectivity index (χ3v) is 3.11. The summed E-state index contributed by atoms with van der Waals surface area (Å²) >= 11 is 0. The van der Waals surface area contributed by atoms with Crippen LogP contribution in [0.4, 0.5) is 10.1 Å². The van der Waals surface area contributed by atoms with E-state index in [1.165, 1.54) is 18.2 Å². The Hall–Kier alpha value is -2.82. The third-order valence-electron chi connectivity index (χ3n) is 3.11. The summed E-state index contributed by atoms with van der Waals surface area (Å²) < 4.78 is 24.0. The zero-order chi connectivity index (χ0) is 14.8. The van der Waals surface area contributed by atoms with Crippen molar-refractivity contribution >= 4 is 16.5 Å². The van der Waals surface area contributed by atoms with Gasteiger partial charge in [0, 0.05) is 17.6 Å². The smallest absolute Gasteiger partial charge is 0.227 e. The van der Waals surface area contributed by atoms with Gasteiger partial charge in [-0.05, 0) is 41.8 Å². The highest BCUT2D eigenvalue weighted by molar-refractivity contribution is 5.88. The van der Waals surface area contributed by atoms with Crippen molar-refractivity contribution in [1.29, 1.82) is 0 Å². The van der Waals surface area contributed by atoms with Gasteiger partial charge in [0.25, 0.3) is 0 Å². The quantitative estimate of drug-likeness (QED) is 0.744. The molecule has 0 saturated carbocycles. The monoisotopic (exact) mass is 284 g/mol.